The second kappa shape index (κ2) is 18.5. The standard InChI is InChI=1S/C35H55N2O4/c1-7-8-9-10-11-12-13-14-15-16-17-20-25-40-33-23-22-30(26-32(33)35(3,4)5)28-41-34(39)37(29(2)38)27-31-21-18-19-24-36(31)6/h18-19,21-24,26H,7-17,20,25,27-28H2,1-6H3/q+1. The Kier molecular flexibility index (Phi) is 15.5. The van der Waals surface area contributed by atoms with Gasteiger partial charge in [0, 0.05) is 19.1 Å². The Morgan fingerprint density at radius 3 is 2.02 bits per heavy atom. The van der Waals surface area contributed by atoms with Crippen LogP contribution in [0.1, 0.15) is 128 Å². The van der Waals surface area contributed by atoms with Gasteiger partial charge in [0.2, 0.25) is 11.6 Å². The van der Waals surface area contributed by atoms with Gasteiger partial charge in [0.25, 0.3) is 0 Å². The summed E-state index contributed by atoms with van der Waals surface area (Å²) in [4.78, 5) is 26.2. The van der Waals surface area contributed by atoms with Crippen LogP contribution in [0, 0.1) is 0 Å². The molecule has 6 nitrogen and oxygen atoms in total. The normalized spacial score (nSPS) is 11.4. The number of ether oxygens (including phenoxy) is 2. The molecule has 0 aliphatic rings. The van der Waals surface area contributed by atoms with E-state index >= 15 is 0 Å². The molecule has 0 aliphatic carbocycles. The Hall–Kier alpha value is -2.89. The van der Waals surface area contributed by atoms with Gasteiger partial charge in [0.05, 0.1) is 6.61 Å². The van der Waals surface area contributed by atoms with E-state index < -0.39 is 6.09 Å². The summed E-state index contributed by atoms with van der Waals surface area (Å²) in [6.07, 6.45) is 17.1. The summed E-state index contributed by atoms with van der Waals surface area (Å²) in [6, 6.07) is 11.6. The number of hydrogen-bond donors (Lipinski definition) is 0. The molecule has 1 aromatic heterocycles. The SMILES string of the molecule is CCCCCCCCCCCCCCOc1ccc(COC(=O)N(Cc2cccc[n+]2C)C(C)=O)cc1C(C)(C)C. The Balaban J connectivity index is 1.80. The number of hydrogen-bond acceptors (Lipinski definition) is 4. The van der Waals surface area contributed by atoms with Crippen molar-refractivity contribution in [1.82, 2.24) is 4.90 Å². The summed E-state index contributed by atoms with van der Waals surface area (Å²) >= 11 is 0. The first-order valence-corrected chi connectivity index (χ1v) is 15.8. The number of pyridine rings is 1. The summed E-state index contributed by atoms with van der Waals surface area (Å²) in [5.74, 6) is 0.536. The van der Waals surface area contributed by atoms with Crippen LogP contribution >= 0.6 is 0 Å². The van der Waals surface area contributed by atoms with Crippen molar-refractivity contribution in [1.29, 1.82) is 0 Å². The van der Waals surface area contributed by atoms with E-state index in [1.807, 2.05) is 48.1 Å². The van der Waals surface area contributed by atoms with E-state index in [9.17, 15) is 9.59 Å². The molecule has 0 fully saturated rings. The van der Waals surface area contributed by atoms with Gasteiger partial charge in [0.1, 0.15) is 25.9 Å². The lowest BCUT2D eigenvalue weighted by atomic mass is 9.85. The highest BCUT2D eigenvalue weighted by molar-refractivity contribution is 5.90. The quantitative estimate of drug-likeness (QED) is 0.134. The van der Waals surface area contributed by atoms with Gasteiger partial charge in [-0.25, -0.2) is 14.3 Å². The molecule has 0 aliphatic heterocycles. The van der Waals surface area contributed by atoms with E-state index in [-0.39, 0.29) is 24.5 Å². The van der Waals surface area contributed by atoms with Crippen molar-refractivity contribution in [2.75, 3.05) is 6.61 Å². The van der Waals surface area contributed by atoms with Gasteiger partial charge in [-0.2, -0.15) is 0 Å². The first-order valence-electron chi connectivity index (χ1n) is 15.8. The van der Waals surface area contributed by atoms with Crippen LogP contribution in [-0.4, -0.2) is 23.5 Å². The van der Waals surface area contributed by atoms with Crippen molar-refractivity contribution in [3.63, 3.8) is 0 Å². The fourth-order valence-electron chi connectivity index (χ4n) is 4.92. The van der Waals surface area contributed by atoms with E-state index in [2.05, 4.69) is 33.8 Å². The summed E-state index contributed by atoms with van der Waals surface area (Å²) in [7, 11) is 1.88. The summed E-state index contributed by atoms with van der Waals surface area (Å²) in [5, 5.41) is 0. The number of carbonyl (C=O) groups excluding carboxylic acids is 2. The van der Waals surface area contributed by atoms with Crippen molar-refractivity contribution < 1.29 is 23.6 Å². The Morgan fingerprint density at radius 2 is 1.46 bits per heavy atom. The molecule has 41 heavy (non-hydrogen) atoms. The molecule has 6 heteroatoms. The number of imide groups is 1. The summed E-state index contributed by atoms with van der Waals surface area (Å²) < 4.78 is 13.7. The third-order valence-corrected chi connectivity index (χ3v) is 7.55. The molecule has 2 amide bonds. The first kappa shape index (κ1) is 34.3. The van der Waals surface area contributed by atoms with Crippen molar-refractivity contribution >= 4 is 12.0 Å². The lowest BCUT2D eigenvalue weighted by Crippen LogP contribution is -2.41. The van der Waals surface area contributed by atoms with Gasteiger partial charge >= 0.3 is 6.09 Å². The molecule has 0 N–H and O–H groups in total. The predicted octanol–water partition coefficient (Wildman–Crippen LogP) is 8.57. The number of aromatic nitrogens is 1. The van der Waals surface area contributed by atoms with Crippen LogP contribution in [0.15, 0.2) is 42.6 Å². The van der Waals surface area contributed by atoms with E-state index in [0.29, 0.717) is 6.61 Å². The average molecular weight is 568 g/mol. The highest BCUT2D eigenvalue weighted by atomic mass is 16.6. The number of nitrogens with zero attached hydrogens (tertiary/aromatic N) is 2. The van der Waals surface area contributed by atoms with Gasteiger partial charge in [0.15, 0.2) is 6.20 Å². The molecule has 1 heterocycles. The molecule has 228 valence electrons. The summed E-state index contributed by atoms with van der Waals surface area (Å²) in [5.41, 5.74) is 2.67. The number of rotatable bonds is 18. The Labute approximate surface area is 249 Å². The number of unbranched alkanes of at least 4 members (excludes halogenated alkanes) is 11. The van der Waals surface area contributed by atoms with E-state index in [1.54, 1.807) is 0 Å². The molecule has 0 radical (unpaired) electrons. The lowest BCUT2D eigenvalue weighted by Gasteiger charge is -2.24. The fourth-order valence-corrected chi connectivity index (χ4v) is 4.92. The second-order valence-corrected chi connectivity index (χ2v) is 12.3. The zero-order valence-corrected chi connectivity index (χ0v) is 26.7. The molecule has 2 aromatic rings. The van der Waals surface area contributed by atoms with Gasteiger partial charge in [-0.3, -0.25) is 4.79 Å². The largest absolute Gasteiger partial charge is 0.493 e. The maximum Gasteiger partial charge on any atom is 0.417 e. The molecule has 0 bridgehead atoms. The van der Waals surface area contributed by atoms with Crippen LogP contribution in [0.25, 0.3) is 0 Å². The third kappa shape index (κ3) is 13.1. The molecule has 0 atom stereocenters. The Bertz CT molecular complexity index is 1060. The van der Waals surface area contributed by atoms with Crippen LogP contribution in [0.2, 0.25) is 0 Å². The molecule has 0 spiro atoms. The van der Waals surface area contributed by atoms with E-state index in [4.69, 9.17) is 9.47 Å². The highest BCUT2D eigenvalue weighted by Gasteiger charge is 2.24. The maximum absolute atomic E-state index is 12.8. The monoisotopic (exact) mass is 567 g/mol. The van der Waals surface area contributed by atoms with Crippen molar-refractivity contribution in [3.8, 4) is 5.75 Å². The van der Waals surface area contributed by atoms with Crippen molar-refractivity contribution in [3.05, 3.63) is 59.4 Å². The van der Waals surface area contributed by atoms with Crippen LogP contribution in [0.3, 0.4) is 0 Å². The first-order chi connectivity index (χ1) is 19.6. The van der Waals surface area contributed by atoms with Crippen LogP contribution in [-0.2, 0) is 35.1 Å². The van der Waals surface area contributed by atoms with Crippen LogP contribution in [0.5, 0.6) is 5.75 Å². The molecular formula is C35H55N2O4+. The van der Waals surface area contributed by atoms with Crippen molar-refractivity contribution in [2.24, 2.45) is 7.05 Å². The van der Waals surface area contributed by atoms with Gasteiger partial charge in [-0.15, -0.1) is 0 Å². The topological polar surface area (TPSA) is 59.7 Å². The molecule has 0 unspecified atom stereocenters. The number of amides is 2. The molecule has 0 saturated carbocycles. The summed E-state index contributed by atoms with van der Waals surface area (Å²) in [6.45, 7) is 11.1. The van der Waals surface area contributed by atoms with E-state index in [0.717, 1.165) is 33.9 Å². The lowest BCUT2D eigenvalue weighted by molar-refractivity contribution is -0.679. The fraction of sp³-hybridized carbons (Fsp3) is 0.629. The Morgan fingerprint density at radius 1 is 0.854 bits per heavy atom. The second-order valence-electron chi connectivity index (χ2n) is 12.3. The van der Waals surface area contributed by atoms with E-state index in [1.165, 1.54) is 77.6 Å². The number of aryl methyl sites for hydroxylation is 1. The van der Waals surface area contributed by atoms with Gasteiger partial charge in [-0.1, -0.05) is 110 Å². The molecule has 1 aromatic carbocycles. The van der Waals surface area contributed by atoms with Gasteiger partial charge < -0.3 is 9.47 Å². The molecule has 2 rings (SSSR count). The zero-order chi connectivity index (χ0) is 30.1. The molecule has 0 saturated heterocycles. The average Bonchev–Trinajstić information content (AvgIpc) is 2.93. The number of carbonyl (C=O) groups is 2. The van der Waals surface area contributed by atoms with Crippen molar-refractivity contribution in [2.45, 2.75) is 130 Å². The molecular weight excluding hydrogens is 512 g/mol. The minimum atomic E-state index is -0.647. The smallest absolute Gasteiger partial charge is 0.417 e. The van der Waals surface area contributed by atoms with Gasteiger partial charge in [-0.05, 0) is 35.1 Å². The number of benzene rings is 1. The van der Waals surface area contributed by atoms with Crippen LogP contribution in [0.4, 0.5) is 4.79 Å². The minimum Gasteiger partial charge on any atom is -0.493 e. The highest BCUT2D eigenvalue weighted by Crippen LogP contribution is 2.32. The zero-order valence-electron chi connectivity index (χ0n) is 26.7. The third-order valence-electron chi connectivity index (χ3n) is 7.55. The maximum atomic E-state index is 12.8. The minimum absolute atomic E-state index is 0.0889. The van der Waals surface area contributed by atoms with Crippen LogP contribution < -0.4 is 9.30 Å². The predicted molar refractivity (Wildman–Crippen MR) is 166 cm³/mol.